The summed E-state index contributed by atoms with van der Waals surface area (Å²) >= 11 is 0. The summed E-state index contributed by atoms with van der Waals surface area (Å²) < 4.78 is 10.4. The first-order chi connectivity index (χ1) is 5.77. The first kappa shape index (κ1) is 6.86. The number of aliphatic hydroxyl groups excluding tert-OH is 1. The van der Waals surface area contributed by atoms with Gasteiger partial charge in [0, 0.05) is 12.3 Å². The lowest BCUT2D eigenvalue weighted by atomic mass is 9.80. The van der Waals surface area contributed by atoms with E-state index >= 15 is 0 Å². The first-order valence-corrected chi connectivity index (χ1v) is 4.27. The summed E-state index contributed by atoms with van der Waals surface area (Å²) in [6.45, 7) is 0.432. The molecule has 66 valence electrons. The number of ether oxygens (including phenoxy) is 2. The summed E-state index contributed by atoms with van der Waals surface area (Å²) in [6.07, 6.45) is -0.0109. The molecule has 3 heterocycles. The Morgan fingerprint density at radius 2 is 2.33 bits per heavy atom. The highest BCUT2D eigenvalue weighted by Crippen LogP contribution is 2.46. The zero-order valence-corrected chi connectivity index (χ0v) is 6.47. The lowest BCUT2D eigenvalue weighted by Crippen LogP contribution is -2.36. The van der Waals surface area contributed by atoms with Crippen LogP contribution in [0.25, 0.3) is 0 Å². The van der Waals surface area contributed by atoms with Crippen LogP contribution in [0.2, 0.25) is 0 Å². The number of hydrogen-bond acceptors (Lipinski definition) is 4. The Kier molecular flexibility index (Phi) is 1.14. The number of carbonyl (C=O) groups excluding carboxylic acids is 1. The Labute approximate surface area is 69.5 Å². The fraction of sp³-hybridized carbons (Fsp3) is 0.875. The minimum atomic E-state index is -0.384. The molecular formula is C8H10O4. The van der Waals surface area contributed by atoms with Crippen LogP contribution in [0.4, 0.5) is 0 Å². The Morgan fingerprint density at radius 3 is 3.17 bits per heavy atom. The maximum absolute atomic E-state index is 11.2. The molecule has 0 aliphatic carbocycles. The molecule has 3 fully saturated rings. The zero-order valence-electron chi connectivity index (χ0n) is 6.47. The van der Waals surface area contributed by atoms with E-state index in [0.717, 1.165) is 0 Å². The monoisotopic (exact) mass is 170 g/mol. The lowest BCUT2D eigenvalue weighted by Gasteiger charge is -2.20. The molecule has 4 heteroatoms. The molecule has 0 spiro atoms. The molecule has 0 radical (unpaired) electrons. The maximum atomic E-state index is 11.2. The van der Waals surface area contributed by atoms with Gasteiger partial charge in [-0.15, -0.1) is 0 Å². The quantitative estimate of drug-likeness (QED) is 0.489. The SMILES string of the molecule is O=C1OCC2C3OC(CC3O)C12. The molecule has 0 aromatic carbocycles. The van der Waals surface area contributed by atoms with Crippen molar-refractivity contribution in [1.82, 2.24) is 0 Å². The number of esters is 1. The number of rotatable bonds is 0. The van der Waals surface area contributed by atoms with Crippen molar-refractivity contribution in [2.45, 2.75) is 24.7 Å². The van der Waals surface area contributed by atoms with Gasteiger partial charge in [-0.3, -0.25) is 4.79 Å². The summed E-state index contributed by atoms with van der Waals surface area (Å²) in [5.74, 6) is -0.107. The van der Waals surface area contributed by atoms with Gasteiger partial charge in [0.1, 0.15) is 0 Å². The van der Waals surface area contributed by atoms with Crippen LogP contribution >= 0.6 is 0 Å². The number of hydrogen-bond donors (Lipinski definition) is 1. The van der Waals surface area contributed by atoms with E-state index in [2.05, 4.69) is 0 Å². The van der Waals surface area contributed by atoms with Crippen molar-refractivity contribution in [3.05, 3.63) is 0 Å². The van der Waals surface area contributed by atoms with E-state index in [9.17, 15) is 9.90 Å². The van der Waals surface area contributed by atoms with Crippen LogP contribution in [-0.2, 0) is 14.3 Å². The van der Waals surface area contributed by atoms with Crippen LogP contribution in [0.3, 0.4) is 0 Å². The molecule has 0 amide bonds. The second-order valence-electron chi connectivity index (χ2n) is 3.76. The van der Waals surface area contributed by atoms with Crippen LogP contribution < -0.4 is 0 Å². The maximum Gasteiger partial charge on any atom is 0.312 e. The van der Waals surface area contributed by atoms with Gasteiger partial charge in [-0.1, -0.05) is 0 Å². The highest BCUT2D eigenvalue weighted by molar-refractivity contribution is 5.76. The molecule has 0 aromatic heterocycles. The van der Waals surface area contributed by atoms with Crippen LogP contribution in [0, 0.1) is 11.8 Å². The van der Waals surface area contributed by atoms with Gasteiger partial charge in [-0.25, -0.2) is 0 Å². The van der Waals surface area contributed by atoms with Gasteiger partial charge in [0.15, 0.2) is 0 Å². The van der Waals surface area contributed by atoms with Crippen molar-refractivity contribution < 1.29 is 19.4 Å². The molecule has 2 bridgehead atoms. The summed E-state index contributed by atoms with van der Waals surface area (Å²) in [6, 6.07) is 0. The van der Waals surface area contributed by atoms with Gasteiger partial charge in [0.2, 0.25) is 0 Å². The van der Waals surface area contributed by atoms with Crippen molar-refractivity contribution in [1.29, 1.82) is 0 Å². The lowest BCUT2D eigenvalue weighted by molar-refractivity contribution is -0.143. The Bertz CT molecular complexity index is 239. The van der Waals surface area contributed by atoms with Gasteiger partial charge in [-0.2, -0.15) is 0 Å². The molecular weight excluding hydrogens is 160 g/mol. The number of aliphatic hydroxyl groups is 1. The van der Waals surface area contributed by atoms with E-state index in [4.69, 9.17) is 9.47 Å². The van der Waals surface area contributed by atoms with E-state index in [-0.39, 0.29) is 36.1 Å². The molecule has 0 aromatic rings. The number of fused-ring (bicyclic) bond motifs is 5. The average molecular weight is 170 g/mol. The smallest absolute Gasteiger partial charge is 0.312 e. The van der Waals surface area contributed by atoms with Crippen LogP contribution in [0.5, 0.6) is 0 Å². The minimum Gasteiger partial charge on any atom is -0.465 e. The van der Waals surface area contributed by atoms with Crippen molar-refractivity contribution >= 4 is 5.97 Å². The van der Waals surface area contributed by atoms with Crippen LogP contribution in [0.1, 0.15) is 6.42 Å². The fourth-order valence-corrected chi connectivity index (χ4v) is 2.62. The third kappa shape index (κ3) is 0.630. The summed E-state index contributed by atoms with van der Waals surface area (Å²) in [7, 11) is 0. The van der Waals surface area contributed by atoms with E-state index in [0.29, 0.717) is 13.0 Å². The van der Waals surface area contributed by atoms with Gasteiger partial charge < -0.3 is 14.6 Å². The van der Waals surface area contributed by atoms with Crippen molar-refractivity contribution in [2.75, 3.05) is 6.61 Å². The molecule has 3 aliphatic rings. The second kappa shape index (κ2) is 2.00. The highest BCUT2D eigenvalue weighted by atomic mass is 16.6. The normalized spacial score (nSPS) is 55.8. The summed E-state index contributed by atoms with van der Waals surface area (Å²) in [5.41, 5.74) is 0. The van der Waals surface area contributed by atoms with Crippen LogP contribution in [-0.4, -0.2) is 36.0 Å². The Hall–Kier alpha value is -0.610. The molecule has 0 saturated carbocycles. The fourth-order valence-electron chi connectivity index (χ4n) is 2.62. The van der Waals surface area contributed by atoms with Gasteiger partial charge in [0.25, 0.3) is 0 Å². The van der Waals surface area contributed by atoms with E-state index in [1.54, 1.807) is 0 Å². The minimum absolute atomic E-state index is 0.0787. The highest BCUT2D eigenvalue weighted by Gasteiger charge is 2.60. The van der Waals surface area contributed by atoms with Crippen molar-refractivity contribution in [3.63, 3.8) is 0 Å². The third-order valence-electron chi connectivity index (χ3n) is 3.16. The van der Waals surface area contributed by atoms with Crippen LogP contribution in [0.15, 0.2) is 0 Å². The Balaban J connectivity index is 1.94. The van der Waals surface area contributed by atoms with Gasteiger partial charge >= 0.3 is 5.97 Å². The molecule has 3 saturated heterocycles. The molecule has 3 rings (SSSR count). The second-order valence-corrected chi connectivity index (χ2v) is 3.76. The van der Waals surface area contributed by atoms with Crippen molar-refractivity contribution in [2.24, 2.45) is 11.8 Å². The molecule has 12 heavy (non-hydrogen) atoms. The predicted octanol–water partition coefficient (Wildman–Crippen LogP) is -0.692. The zero-order chi connectivity index (χ0) is 8.29. The summed E-state index contributed by atoms with van der Waals surface area (Å²) in [5, 5.41) is 9.46. The molecule has 3 aliphatic heterocycles. The predicted molar refractivity (Wildman–Crippen MR) is 37.2 cm³/mol. The Morgan fingerprint density at radius 1 is 1.50 bits per heavy atom. The topological polar surface area (TPSA) is 55.8 Å². The third-order valence-corrected chi connectivity index (χ3v) is 3.16. The standard InChI is InChI=1S/C8H10O4/c9-4-1-5-6-3(7(4)12-5)2-11-8(6)10/h3-7,9H,1-2H2. The first-order valence-electron chi connectivity index (χ1n) is 4.27. The number of carbonyl (C=O) groups is 1. The average Bonchev–Trinajstić information content (AvgIpc) is 2.62. The molecule has 5 unspecified atom stereocenters. The van der Waals surface area contributed by atoms with Crippen molar-refractivity contribution in [3.8, 4) is 0 Å². The van der Waals surface area contributed by atoms with Gasteiger partial charge in [0.05, 0.1) is 30.8 Å². The van der Waals surface area contributed by atoms with E-state index < -0.39 is 0 Å². The van der Waals surface area contributed by atoms with E-state index in [1.807, 2.05) is 0 Å². The molecule has 5 atom stereocenters. The largest absolute Gasteiger partial charge is 0.465 e. The number of cyclic esters (lactones) is 1. The van der Waals surface area contributed by atoms with Gasteiger partial charge in [-0.05, 0) is 0 Å². The summed E-state index contributed by atoms with van der Waals surface area (Å²) in [4.78, 5) is 11.2. The van der Waals surface area contributed by atoms with E-state index in [1.165, 1.54) is 0 Å². The molecule has 1 N–H and O–H groups in total. The molecule has 4 nitrogen and oxygen atoms in total.